The maximum absolute atomic E-state index is 13.7. The van der Waals surface area contributed by atoms with Crippen LogP contribution in [0.5, 0.6) is 5.75 Å². The smallest absolute Gasteiger partial charge is 0.255 e. The van der Waals surface area contributed by atoms with Crippen molar-refractivity contribution in [1.82, 2.24) is 5.32 Å². The second-order valence-electron chi connectivity index (χ2n) is 10.0. The molecule has 5 atom stereocenters. The Morgan fingerprint density at radius 2 is 1.83 bits per heavy atom. The van der Waals surface area contributed by atoms with Gasteiger partial charge in [0, 0.05) is 38.7 Å². The number of carbonyl (C=O) groups is 6. The third kappa shape index (κ3) is 3.52. The summed E-state index contributed by atoms with van der Waals surface area (Å²) in [4.78, 5) is 78.9. The third-order valence-corrected chi connectivity index (χ3v) is 7.64. The number of anilines is 1. The van der Waals surface area contributed by atoms with Crippen LogP contribution in [0.2, 0.25) is 0 Å². The zero-order valence-corrected chi connectivity index (χ0v) is 20.3. The molecular formula is C25H29N3O8. The number of amides is 2. The number of fused-ring (bicyclic) bond motifs is 3. The third-order valence-electron chi connectivity index (χ3n) is 7.64. The van der Waals surface area contributed by atoms with Crippen molar-refractivity contribution in [3.05, 3.63) is 22.8 Å². The van der Waals surface area contributed by atoms with Gasteiger partial charge in [-0.2, -0.15) is 0 Å². The number of hydrogen-bond donors (Lipinski definition) is 4. The lowest BCUT2D eigenvalue weighted by molar-refractivity contribution is -0.175. The van der Waals surface area contributed by atoms with Gasteiger partial charge in [0.15, 0.2) is 34.7 Å². The Bertz CT molecular complexity index is 1220. The van der Waals surface area contributed by atoms with Crippen LogP contribution in [0.3, 0.4) is 0 Å². The highest BCUT2D eigenvalue weighted by molar-refractivity contribution is 6.31. The Balaban J connectivity index is 1.84. The molecule has 3 aliphatic rings. The number of aliphatic hydroxyl groups is 1. The fourth-order valence-electron chi connectivity index (χ4n) is 5.92. The van der Waals surface area contributed by atoms with Crippen LogP contribution in [0, 0.1) is 23.7 Å². The van der Waals surface area contributed by atoms with Gasteiger partial charge in [-0.25, -0.2) is 0 Å². The topological polar surface area (TPSA) is 184 Å². The van der Waals surface area contributed by atoms with E-state index in [0.717, 1.165) is 0 Å². The lowest BCUT2D eigenvalue weighted by Gasteiger charge is -2.48. The van der Waals surface area contributed by atoms with Crippen LogP contribution < -0.4 is 16.0 Å². The number of nitrogens with two attached hydrogens (primary N) is 1. The van der Waals surface area contributed by atoms with Crippen LogP contribution in [0.25, 0.3) is 0 Å². The number of phenolic OH excluding ortho intramolecular Hbond substituents is 1. The van der Waals surface area contributed by atoms with Crippen LogP contribution in [-0.2, 0) is 25.6 Å². The molecule has 0 aromatic heterocycles. The van der Waals surface area contributed by atoms with Gasteiger partial charge in [-0.1, -0.05) is 6.92 Å². The summed E-state index contributed by atoms with van der Waals surface area (Å²) in [6.45, 7) is 2.21. The number of rotatable bonds is 5. The van der Waals surface area contributed by atoms with E-state index in [4.69, 9.17) is 5.73 Å². The molecule has 2 unspecified atom stereocenters. The fraction of sp³-hybridized carbons (Fsp3) is 0.520. The van der Waals surface area contributed by atoms with E-state index in [-0.39, 0.29) is 24.0 Å². The van der Waals surface area contributed by atoms with Gasteiger partial charge < -0.3 is 26.2 Å². The van der Waals surface area contributed by atoms with Crippen LogP contribution in [0.15, 0.2) is 6.07 Å². The first-order valence-corrected chi connectivity index (χ1v) is 11.9. The molecule has 0 saturated heterocycles. The van der Waals surface area contributed by atoms with Crippen molar-refractivity contribution >= 4 is 40.6 Å². The van der Waals surface area contributed by atoms with Crippen molar-refractivity contribution in [2.75, 3.05) is 25.5 Å². The van der Waals surface area contributed by atoms with Crippen LogP contribution in [0.4, 0.5) is 5.69 Å². The Kier molecular flexibility index (Phi) is 6.24. The Hall–Kier alpha value is -3.60. The second kappa shape index (κ2) is 8.81. The largest absolute Gasteiger partial charge is 0.506 e. The summed E-state index contributed by atoms with van der Waals surface area (Å²) in [5, 5.41) is 24.9. The van der Waals surface area contributed by atoms with E-state index >= 15 is 0 Å². The molecule has 0 aliphatic heterocycles. The minimum Gasteiger partial charge on any atom is -0.506 e. The molecule has 0 bridgehead atoms. The molecule has 11 heteroatoms. The summed E-state index contributed by atoms with van der Waals surface area (Å²) in [7, 11) is 3.42. The molecular weight excluding hydrogens is 470 g/mol. The molecule has 4 rings (SSSR count). The second-order valence-corrected chi connectivity index (χ2v) is 10.0. The van der Waals surface area contributed by atoms with E-state index in [1.165, 1.54) is 6.07 Å². The molecule has 0 heterocycles. The van der Waals surface area contributed by atoms with E-state index in [1.54, 1.807) is 19.0 Å². The molecule has 1 aromatic carbocycles. The number of aromatic hydroxyl groups is 1. The van der Waals surface area contributed by atoms with Crippen LogP contribution in [0.1, 0.15) is 52.5 Å². The first kappa shape index (κ1) is 25.5. The van der Waals surface area contributed by atoms with Gasteiger partial charge in [-0.15, -0.1) is 0 Å². The van der Waals surface area contributed by atoms with E-state index < -0.39 is 76.4 Å². The molecule has 11 nitrogen and oxygen atoms in total. The molecule has 0 spiro atoms. The summed E-state index contributed by atoms with van der Waals surface area (Å²) < 4.78 is 0. The van der Waals surface area contributed by atoms with Gasteiger partial charge in [-0.3, -0.25) is 28.8 Å². The van der Waals surface area contributed by atoms with Crippen molar-refractivity contribution in [2.45, 2.75) is 38.2 Å². The molecule has 36 heavy (non-hydrogen) atoms. The first-order chi connectivity index (χ1) is 16.9. The summed E-state index contributed by atoms with van der Waals surface area (Å²) in [6, 6.07) is 1.48. The average Bonchev–Trinajstić information content (AvgIpc) is 2.79. The highest BCUT2D eigenvalue weighted by atomic mass is 16.3. The van der Waals surface area contributed by atoms with Crippen LogP contribution in [-0.4, -0.2) is 71.4 Å². The quantitative estimate of drug-likeness (QED) is 0.389. The monoisotopic (exact) mass is 499 g/mol. The normalized spacial score (nSPS) is 29.2. The Morgan fingerprint density at radius 3 is 2.42 bits per heavy atom. The SMILES string of the molecule is CCCNC(=O)c1cc(N(C)C)c2c(c1O)C(=O)C1C(=O)[C@]3(O)C(=O)C(C(N)=O)C(=O)C[C@@H]3C[C@@H]1C2. The molecule has 2 amide bonds. The number of primary amides is 1. The standard InChI is InChI=1S/C25H29N3O8/c1-4-5-27-24(35)13-9-14(28(2)3)12-7-10-6-11-8-15(29)18(23(26)34)22(33)25(11,36)21(32)16(10)20(31)17(12)19(13)30/h9-11,16,18,30,36H,4-8H2,1-3H3,(H2,26,34)(H,27,35)/t10-,11+,16?,18?,25+/m1/s1. The van der Waals surface area contributed by atoms with Crippen molar-refractivity contribution in [2.24, 2.45) is 29.4 Å². The molecule has 2 fully saturated rings. The minimum absolute atomic E-state index is 0.00736. The van der Waals surface area contributed by atoms with Gasteiger partial charge in [-0.05, 0) is 36.8 Å². The highest BCUT2D eigenvalue weighted by Crippen LogP contribution is 2.51. The summed E-state index contributed by atoms with van der Waals surface area (Å²) in [5.74, 6) is -11.6. The molecule has 3 aliphatic carbocycles. The number of nitrogens with one attached hydrogen (secondary N) is 1. The molecule has 192 valence electrons. The predicted octanol–water partition coefficient (Wildman–Crippen LogP) is -0.467. The Morgan fingerprint density at radius 1 is 1.17 bits per heavy atom. The predicted molar refractivity (Wildman–Crippen MR) is 125 cm³/mol. The van der Waals surface area contributed by atoms with Crippen molar-refractivity contribution < 1.29 is 39.0 Å². The van der Waals surface area contributed by atoms with E-state index in [9.17, 15) is 39.0 Å². The number of phenols is 1. The highest BCUT2D eigenvalue weighted by Gasteiger charge is 2.66. The lowest BCUT2D eigenvalue weighted by atomic mass is 9.53. The van der Waals surface area contributed by atoms with E-state index in [2.05, 4.69) is 5.32 Å². The number of ketones is 4. The molecule has 0 radical (unpaired) electrons. The van der Waals surface area contributed by atoms with E-state index in [1.807, 2.05) is 6.92 Å². The van der Waals surface area contributed by atoms with Gasteiger partial charge in [0.25, 0.3) is 5.91 Å². The van der Waals surface area contributed by atoms with Crippen molar-refractivity contribution in [3.63, 3.8) is 0 Å². The minimum atomic E-state index is -2.71. The number of nitrogens with zero attached hydrogens (tertiary/aromatic N) is 1. The zero-order valence-electron chi connectivity index (χ0n) is 20.3. The summed E-state index contributed by atoms with van der Waals surface area (Å²) in [6.07, 6.45) is 0.406. The number of hydrogen-bond acceptors (Lipinski definition) is 9. The van der Waals surface area contributed by atoms with E-state index in [0.29, 0.717) is 24.2 Å². The fourth-order valence-corrected chi connectivity index (χ4v) is 5.92. The number of benzene rings is 1. The van der Waals surface area contributed by atoms with Gasteiger partial charge in [0.2, 0.25) is 5.91 Å². The Labute approximate surface area is 207 Å². The first-order valence-electron chi connectivity index (χ1n) is 11.9. The maximum Gasteiger partial charge on any atom is 0.255 e. The maximum atomic E-state index is 13.7. The van der Waals surface area contributed by atoms with Crippen molar-refractivity contribution in [3.8, 4) is 5.75 Å². The van der Waals surface area contributed by atoms with Gasteiger partial charge in [0.05, 0.1) is 17.0 Å². The van der Waals surface area contributed by atoms with Gasteiger partial charge >= 0.3 is 0 Å². The average molecular weight is 500 g/mol. The molecule has 1 aromatic rings. The number of Topliss-reactive ketones (excluding diaryl/α,β-unsaturated/α-hetero) is 4. The summed E-state index contributed by atoms with van der Waals surface area (Å²) in [5.41, 5.74) is 3.10. The zero-order chi connectivity index (χ0) is 26.7. The lowest BCUT2D eigenvalue weighted by Crippen LogP contribution is -2.68. The number of carbonyl (C=O) groups excluding carboxylic acids is 6. The van der Waals surface area contributed by atoms with Crippen LogP contribution >= 0.6 is 0 Å². The van der Waals surface area contributed by atoms with Gasteiger partial charge in [0.1, 0.15) is 5.75 Å². The summed E-state index contributed by atoms with van der Waals surface area (Å²) >= 11 is 0. The molecule has 2 saturated carbocycles. The van der Waals surface area contributed by atoms with Crippen molar-refractivity contribution in [1.29, 1.82) is 0 Å². The molecule has 5 N–H and O–H groups in total.